The number of nitrogens with one attached hydrogen (secondary N) is 1. The average Bonchev–Trinajstić information content (AvgIpc) is 2.60. The van der Waals surface area contributed by atoms with E-state index in [2.05, 4.69) is 22.3 Å². The van der Waals surface area contributed by atoms with Gasteiger partial charge in [0.2, 0.25) is 0 Å². The van der Waals surface area contributed by atoms with Gasteiger partial charge in [-0.2, -0.15) is 5.10 Å². The summed E-state index contributed by atoms with van der Waals surface area (Å²) in [4.78, 5) is 4.11. The van der Waals surface area contributed by atoms with Crippen molar-refractivity contribution in [3.05, 3.63) is 12.2 Å². The lowest BCUT2D eigenvalue weighted by molar-refractivity contribution is 0.546. The maximum Gasteiger partial charge on any atom is 0.148 e. The zero-order valence-corrected chi connectivity index (χ0v) is 10.5. The Hall–Kier alpha value is -0.950. The van der Waals surface area contributed by atoms with Crippen LogP contribution in [-0.4, -0.2) is 41.7 Å². The van der Waals surface area contributed by atoms with Crippen molar-refractivity contribution < 1.29 is 8.42 Å². The summed E-state index contributed by atoms with van der Waals surface area (Å²) in [7, 11) is -2.89. The highest BCUT2D eigenvalue weighted by molar-refractivity contribution is 7.90. The Morgan fingerprint density at radius 1 is 1.50 bits per heavy atom. The second-order valence-corrected chi connectivity index (χ2v) is 5.97. The fraction of sp³-hybridized carbons (Fsp3) is 0.778. The molecule has 0 saturated carbocycles. The van der Waals surface area contributed by atoms with E-state index in [0.29, 0.717) is 13.1 Å². The number of rotatable bonds is 7. The number of hydrogen-bond donors (Lipinski definition) is 1. The Kier molecular flexibility index (Phi) is 4.88. The standard InChI is InChI=1S/C9H18N4O2S/c1-3-5-13-9(11-8-12-13)7-10-4-6-16(2,14)15/h8,10H,3-7H2,1-2H3. The van der Waals surface area contributed by atoms with Crippen molar-refractivity contribution in [3.63, 3.8) is 0 Å². The summed E-state index contributed by atoms with van der Waals surface area (Å²) < 4.78 is 23.6. The molecule has 0 radical (unpaired) electrons. The lowest BCUT2D eigenvalue weighted by Gasteiger charge is -2.05. The van der Waals surface area contributed by atoms with E-state index in [9.17, 15) is 8.42 Å². The van der Waals surface area contributed by atoms with Crippen LogP contribution in [0.15, 0.2) is 6.33 Å². The molecular formula is C9H18N4O2S. The van der Waals surface area contributed by atoms with Crippen LogP contribution in [0.3, 0.4) is 0 Å². The van der Waals surface area contributed by atoms with Gasteiger partial charge >= 0.3 is 0 Å². The average molecular weight is 246 g/mol. The van der Waals surface area contributed by atoms with Crippen LogP contribution in [0.1, 0.15) is 19.2 Å². The molecule has 0 aliphatic carbocycles. The van der Waals surface area contributed by atoms with Crippen molar-refractivity contribution in [1.82, 2.24) is 20.1 Å². The van der Waals surface area contributed by atoms with Crippen LogP contribution in [0.25, 0.3) is 0 Å². The summed E-state index contributed by atoms with van der Waals surface area (Å²) in [5.74, 6) is 0.991. The highest BCUT2D eigenvalue weighted by Crippen LogP contribution is 1.95. The summed E-state index contributed by atoms with van der Waals surface area (Å²) in [5.41, 5.74) is 0. The van der Waals surface area contributed by atoms with Gasteiger partial charge in [-0.25, -0.2) is 18.1 Å². The minimum atomic E-state index is -2.89. The van der Waals surface area contributed by atoms with Gasteiger partial charge in [0.15, 0.2) is 0 Å². The smallest absolute Gasteiger partial charge is 0.148 e. The number of aryl methyl sites for hydroxylation is 1. The molecule has 0 saturated heterocycles. The van der Waals surface area contributed by atoms with E-state index in [0.717, 1.165) is 18.8 Å². The SMILES string of the molecule is CCCn1ncnc1CNCCS(C)(=O)=O. The zero-order chi connectivity index (χ0) is 12.0. The lowest BCUT2D eigenvalue weighted by Crippen LogP contribution is -2.24. The Morgan fingerprint density at radius 3 is 2.88 bits per heavy atom. The molecule has 1 aromatic rings. The van der Waals surface area contributed by atoms with Crippen LogP contribution in [0.2, 0.25) is 0 Å². The Balaban J connectivity index is 2.34. The summed E-state index contributed by atoms with van der Waals surface area (Å²) in [5, 5.41) is 7.12. The summed E-state index contributed by atoms with van der Waals surface area (Å²) in [6.07, 6.45) is 3.75. The topological polar surface area (TPSA) is 76.9 Å². The lowest BCUT2D eigenvalue weighted by atomic mass is 10.4. The van der Waals surface area contributed by atoms with Crippen LogP contribution in [0.4, 0.5) is 0 Å². The van der Waals surface area contributed by atoms with E-state index in [1.54, 1.807) is 0 Å². The third-order valence-electron chi connectivity index (χ3n) is 2.06. The van der Waals surface area contributed by atoms with Crippen molar-refractivity contribution in [2.45, 2.75) is 26.4 Å². The van der Waals surface area contributed by atoms with Crippen LogP contribution in [-0.2, 0) is 22.9 Å². The number of aromatic nitrogens is 3. The van der Waals surface area contributed by atoms with E-state index < -0.39 is 9.84 Å². The number of nitrogens with zero attached hydrogens (tertiary/aromatic N) is 3. The molecule has 1 N–H and O–H groups in total. The molecule has 0 aromatic carbocycles. The van der Waals surface area contributed by atoms with Gasteiger partial charge in [0.05, 0.1) is 12.3 Å². The molecule has 0 unspecified atom stereocenters. The van der Waals surface area contributed by atoms with Gasteiger partial charge in [0, 0.05) is 19.3 Å². The maximum atomic E-state index is 10.9. The quantitative estimate of drug-likeness (QED) is 0.675. The third kappa shape index (κ3) is 4.71. The molecule has 1 heterocycles. The first-order chi connectivity index (χ1) is 7.53. The first kappa shape index (κ1) is 13.1. The molecule has 0 bridgehead atoms. The largest absolute Gasteiger partial charge is 0.309 e. The fourth-order valence-corrected chi connectivity index (χ4v) is 1.80. The highest BCUT2D eigenvalue weighted by atomic mass is 32.2. The molecule has 0 aliphatic heterocycles. The molecule has 7 heteroatoms. The van der Waals surface area contributed by atoms with Gasteiger partial charge in [0.25, 0.3) is 0 Å². The molecule has 1 rings (SSSR count). The van der Waals surface area contributed by atoms with Crippen molar-refractivity contribution >= 4 is 9.84 Å². The summed E-state index contributed by atoms with van der Waals surface area (Å²) in [6, 6.07) is 0. The van der Waals surface area contributed by atoms with Gasteiger partial charge in [-0.3, -0.25) is 0 Å². The zero-order valence-electron chi connectivity index (χ0n) is 9.68. The molecule has 6 nitrogen and oxygen atoms in total. The third-order valence-corrected chi connectivity index (χ3v) is 3.01. The molecular weight excluding hydrogens is 228 g/mol. The van der Waals surface area contributed by atoms with Gasteiger partial charge in [0.1, 0.15) is 22.0 Å². The predicted molar refractivity (Wildman–Crippen MR) is 61.7 cm³/mol. The maximum absolute atomic E-state index is 10.9. The van der Waals surface area contributed by atoms with Crippen LogP contribution in [0.5, 0.6) is 0 Å². The highest BCUT2D eigenvalue weighted by Gasteiger charge is 2.04. The molecule has 0 fully saturated rings. The van der Waals surface area contributed by atoms with Gasteiger partial charge < -0.3 is 5.32 Å². The van der Waals surface area contributed by atoms with Crippen molar-refractivity contribution in [1.29, 1.82) is 0 Å². The minimum Gasteiger partial charge on any atom is -0.309 e. The normalized spacial score (nSPS) is 11.9. The Morgan fingerprint density at radius 2 is 2.25 bits per heavy atom. The molecule has 92 valence electrons. The van der Waals surface area contributed by atoms with E-state index in [4.69, 9.17) is 0 Å². The second kappa shape index (κ2) is 5.95. The van der Waals surface area contributed by atoms with E-state index >= 15 is 0 Å². The van der Waals surface area contributed by atoms with Crippen molar-refractivity contribution in [3.8, 4) is 0 Å². The van der Waals surface area contributed by atoms with E-state index in [-0.39, 0.29) is 5.75 Å². The Labute approximate surface area is 96.0 Å². The Bertz CT molecular complexity index is 413. The second-order valence-electron chi connectivity index (χ2n) is 3.71. The molecule has 0 spiro atoms. The fourth-order valence-electron chi connectivity index (χ4n) is 1.28. The molecule has 0 atom stereocenters. The predicted octanol–water partition coefficient (Wildman–Crippen LogP) is -0.178. The van der Waals surface area contributed by atoms with Crippen LogP contribution in [0, 0.1) is 0 Å². The monoisotopic (exact) mass is 246 g/mol. The van der Waals surface area contributed by atoms with Gasteiger partial charge in [-0.1, -0.05) is 6.92 Å². The van der Waals surface area contributed by atoms with Crippen LogP contribution >= 0.6 is 0 Å². The molecule has 16 heavy (non-hydrogen) atoms. The first-order valence-corrected chi connectivity index (χ1v) is 7.34. The number of hydrogen-bond acceptors (Lipinski definition) is 5. The molecule has 1 aromatic heterocycles. The summed E-state index contributed by atoms with van der Waals surface area (Å²) in [6.45, 7) is 3.90. The van der Waals surface area contributed by atoms with Crippen molar-refractivity contribution in [2.75, 3.05) is 18.6 Å². The molecule has 0 amide bonds. The van der Waals surface area contributed by atoms with Gasteiger partial charge in [-0.15, -0.1) is 0 Å². The van der Waals surface area contributed by atoms with E-state index in [1.165, 1.54) is 12.6 Å². The first-order valence-electron chi connectivity index (χ1n) is 5.28. The van der Waals surface area contributed by atoms with Crippen LogP contribution < -0.4 is 5.32 Å². The minimum absolute atomic E-state index is 0.148. The number of sulfone groups is 1. The van der Waals surface area contributed by atoms with E-state index in [1.807, 2.05) is 4.68 Å². The van der Waals surface area contributed by atoms with Gasteiger partial charge in [-0.05, 0) is 6.42 Å². The van der Waals surface area contributed by atoms with Crippen molar-refractivity contribution in [2.24, 2.45) is 0 Å². The molecule has 0 aliphatic rings. The summed E-state index contributed by atoms with van der Waals surface area (Å²) >= 11 is 0.